The number of allylic oxidation sites excluding steroid dienone is 1. The second-order valence-electron chi connectivity index (χ2n) is 2.91. The normalized spacial score (nSPS) is 10.7. The second kappa shape index (κ2) is 5.07. The van der Waals surface area contributed by atoms with Gasteiger partial charge in [-0.05, 0) is 31.5 Å². The molecule has 0 aliphatic rings. The van der Waals surface area contributed by atoms with Crippen LogP contribution in [0.3, 0.4) is 0 Å². The molecule has 0 atom stereocenters. The Hall–Kier alpha value is -0.760. The van der Waals surface area contributed by atoms with Crippen molar-refractivity contribution in [2.45, 2.75) is 13.8 Å². The fourth-order valence-corrected chi connectivity index (χ4v) is 1.38. The monoisotopic (exact) mass is 239 g/mol. The van der Waals surface area contributed by atoms with Crippen LogP contribution >= 0.6 is 15.9 Å². The molecule has 2 heteroatoms. The number of hydrogen-bond acceptors (Lipinski definition) is 1. The lowest BCUT2D eigenvalue weighted by atomic mass is 10.2. The van der Waals surface area contributed by atoms with Crippen LogP contribution in [0, 0.1) is 6.92 Å². The van der Waals surface area contributed by atoms with Crippen LogP contribution in [0.4, 0.5) is 5.69 Å². The van der Waals surface area contributed by atoms with E-state index in [1.807, 2.05) is 13.0 Å². The predicted octanol–water partition coefficient (Wildman–Crippen LogP) is 3.75. The molecule has 13 heavy (non-hydrogen) atoms. The molecule has 0 radical (unpaired) electrons. The Bertz CT molecular complexity index is 305. The average Bonchev–Trinajstić information content (AvgIpc) is 2.12. The van der Waals surface area contributed by atoms with Gasteiger partial charge in [0.25, 0.3) is 0 Å². The molecule has 1 nitrogen and oxygen atoms in total. The van der Waals surface area contributed by atoms with Gasteiger partial charge in [0.1, 0.15) is 0 Å². The largest absolute Gasteiger partial charge is 0.382 e. The number of rotatable bonds is 3. The first-order valence-electron chi connectivity index (χ1n) is 4.35. The third-order valence-electron chi connectivity index (χ3n) is 1.83. The highest BCUT2D eigenvalue weighted by Crippen LogP contribution is 2.20. The Morgan fingerprint density at radius 1 is 1.46 bits per heavy atom. The number of hydrogen-bond donors (Lipinski definition) is 1. The number of nitrogens with one attached hydrogen (secondary N) is 1. The summed E-state index contributed by atoms with van der Waals surface area (Å²) < 4.78 is 1.15. The highest BCUT2D eigenvalue weighted by molar-refractivity contribution is 9.10. The first-order chi connectivity index (χ1) is 6.24. The third-order valence-corrected chi connectivity index (χ3v) is 2.69. The van der Waals surface area contributed by atoms with Crippen molar-refractivity contribution in [1.82, 2.24) is 0 Å². The minimum Gasteiger partial charge on any atom is -0.382 e. The van der Waals surface area contributed by atoms with Gasteiger partial charge in [-0.1, -0.05) is 34.1 Å². The topological polar surface area (TPSA) is 12.0 Å². The van der Waals surface area contributed by atoms with Crippen molar-refractivity contribution in [3.63, 3.8) is 0 Å². The van der Waals surface area contributed by atoms with Gasteiger partial charge < -0.3 is 5.32 Å². The molecule has 1 rings (SSSR count). The van der Waals surface area contributed by atoms with Crippen molar-refractivity contribution < 1.29 is 0 Å². The highest BCUT2D eigenvalue weighted by Gasteiger charge is 1.94. The molecule has 0 unspecified atom stereocenters. The van der Waals surface area contributed by atoms with Crippen molar-refractivity contribution in [3.8, 4) is 0 Å². The minimum atomic E-state index is 0.881. The van der Waals surface area contributed by atoms with E-state index >= 15 is 0 Å². The lowest BCUT2D eigenvalue weighted by Gasteiger charge is -2.05. The maximum Gasteiger partial charge on any atom is 0.0354 e. The van der Waals surface area contributed by atoms with Crippen molar-refractivity contribution >= 4 is 21.6 Å². The highest BCUT2D eigenvalue weighted by atomic mass is 79.9. The summed E-state index contributed by atoms with van der Waals surface area (Å²) >= 11 is 3.50. The van der Waals surface area contributed by atoms with Crippen LogP contribution in [0.2, 0.25) is 0 Å². The minimum absolute atomic E-state index is 0.881. The Morgan fingerprint density at radius 2 is 2.23 bits per heavy atom. The van der Waals surface area contributed by atoms with E-state index < -0.39 is 0 Å². The SMILES string of the molecule is C/C=C/CNc1ccc(C)c(Br)c1. The van der Waals surface area contributed by atoms with Gasteiger partial charge in [0.05, 0.1) is 0 Å². The summed E-state index contributed by atoms with van der Waals surface area (Å²) in [5, 5.41) is 3.30. The van der Waals surface area contributed by atoms with E-state index in [1.165, 1.54) is 5.56 Å². The fourth-order valence-electron chi connectivity index (χ4n) is 0.997. The number of benzene rings is 1. The molecule has 0 heterocycles. The molecule has 0 fully saturated rings. The molecule has 0 aliphatic heterocycles. The molecule has 1 aromatic rings. The fraction of sp³-hybridized carbons (Fsp3) is 0.273. The van der Waals surface area contributed by atoms with Crippen molar-refractivity contribution in [1.29, 1.82) is 0 Å². The summed E-state index contributed by atoms with van der Waals surface area (Å²) in [4.78, 5) is 0. The van der Waals surface area contributed by atoms with Crippen LogP contribution in [0.25, 0.3) is 0 Å². The van der Waals surface area contributed by atoms with E-state index in [9.17, 15) is 0 Å². The van der Waals surface area contributed by atoms with Gasteiger partial charge in [0, 0.05) is 16.7 Å². The molecule has 0 saturated heterocycles. The van der Waals surface area contributed by atoms with E-state index in [1.54, 1.807) is 0 Å². The summed E-state index contributed by atoms with van der Waals surface area (Å²) in [7, 11) is 0. The smallest absolute Gasteiger partial charge is 0.0354 e. The van der Waals surface area contributed by atoms with Gasteiger partial charge in [-0.25, -0.2) is 0 Å². The molecule has 70 valence electrons. The zero-order valence-electron chi connectivity index (χ0n) is 7.97. The predicted molar refractivity (Wildman–Crippen MR) is 62.2 cm³/mol. The van der Waals surface area contributed by atoms with Gasteiger partial charge in [0.15, 0.2) is 0 Å². The lowest BCUT2D eigenvalue weighted by Crippen LogP contribution is -1.97. The van der Waals surface area contributed by atoms with Crippen LogP contribution < -0.4 is 5.32 Å². The van der Waals surface area contributed by atoms with Gasteiger partial charge in [-0.3, -0.25) is 0 Å². The zero-order chi connectivity index (χ0) is 9.68. The molecule has 1 N–H and O–H groups in total. The lowest BCUT2D eigenvalue weighted by molar-refractivity contribution is 1.31. The molecule has 0 spiro atoms. The van der Waals surface area contributed by atoms with Crippen molar-refractivity contribution in [2.24, 2.45) is 0 Å². The van der Waals surface area contributed by atoms with E-state index in [-0.39, 0.29) is 0 Å². The second-order valence-corrected chi connectivity index (χ2v) is 3.77. The molecule has 0 amide bonds. The number of halogens is 1. The Morgan fingerprint density at radius 3 is 2.85 bits per heavy atom. The summed E-state index contributed by atoms with van der Waals surface area (Å²) in [6.07, 6.45) is 4.13. The van der Waals surface area contributed by atoms with Crippen LogP contribution in [0.15, 0.2) is 34.8 Å². The molecule has 1 aromatic carbocycles. The zero-order valence-corrected chi connectivity index (χ0v) is 9.56. The third kappa shape index (κ3) is 3.23. The van der Waals surface area contributed by atoms with Gasteiger partial charge in [-0.15, -0.1) is 0 Å². The first-order valence-corrected chi connectivity index (χ1v) is 5.14. The van der Waals surface area contributed by atoms with Crippen molar-refractivity contribution in [3.05, 3.63) is 40.4 Å². The molecule has 0 saturated carbocycles. The van der Waals surface area contributed by atoms with Crippen LogP contribution in [-0.4, -0.2) is 6.54 Å². The van der Waals surface area contributed by atoms with Gasteiger partial charge in [0.2, 0.25) is 0 Å². The van der Waals surface area contributed by atoms with Gasteiger partial charge in [-0.2, -0.15) is 0 Å². The summed E-state index contributed by atoms with van der Waals surface area (Å²) in [5.74, 6) is 0. The van der Waals surface area contributed by atoms with Crippen LogP contribution in [-0.2, 0) is 0 Å². The standard InChI is InChI=1S/C11H14BrN/c1-3-4-7-13-10-6-5-9(2)11(12)8-10/h3-6,8,13H,7H2,1-2H3/b4-3+. The maximum absolute atomic E-state index is 3.50. The van der Waals surface area contributed by atoms with E-state index in [0.717, 1.165) is 16.7 Å². The summed E-state index contributed by atoms with van der Waals surface area (Å²) in [6.45, 7) is 4.98. The Labute approximate surface area is 88.0 Å². The first kappa shape index (κ1) is 10.3. The van der Waals surface area contributed by atoms with E-state index in [4.69, 9.17) is 0 Å². The maximum atomic E-state index is 3.50. The van der Waals surface area contributed by atoms with Crippen LogP contribution in [0.1, 0.15) is 12.5 Å². The van der Waals surface area contributed by atoms with E-state index in [0.29, 0.717) is 0 Å². The molecule has 0 bridgehead atoms. The van der Waals surface area contributed by atoms with Crippen molar-refractivity contribution in [2.75, 3.05) is 11.9 Å². The average molecular weight is 240 g/mol. The number of anilines is 1. The Kier molecular flexibility index (Phi) is 4.03. The molecular formula is C11H14BrN. The quantitative estimate of drug-likeness (QED) is 0.793. The Balaban J connectivity index is 2.63. The summed E-state index contributed by atoms with van der Waals surface area (Å²) in [6, 6.07) is 6.28. The van der Waals surface area contributed by atoms with Crippen LogP contribution in [0.5, 0.6) is 0 Å². The van der Waals surface area contributed by atoms with E-state index in [2.05, 4.69) is 52.4 Å². The summed E-state index contributed by atoms with van der Waals surface area (Å²) in [5.41, 5.74) is 2.41. The van der Waals surface area contributed by atoms with Gasteiger partial charge >= 0.3 is 0 Å². The molecular weight excluding hydrogens is 226 g/mol. The molecule has 0 aliphatic carbocycles. The molecule has 0 aromatic heterocycles. The number of aryl methyl sites for hydroxylation is 1.